The molecule has 1 aromatic heterocycles. The highest BCUT2D eigenvalue weighted by atomic mass is 16.5. The molecule has 2 aromatic rings. The predicted molar refractivity (Wildman–Crippen MR) is 68.1 cm³/mol. The van der Waals surface area contributed by atoms with Crippen LogP contribution in [0.3, 0.4) is 0 Å². The maximum absolute atomic E-state index is 12.0. The Morgan fingerprint density at radius 1 is 1.28 bits per heavy atom. The minimum absolute atomic E-state index is 0.0322. The number of carbonyl (C=O) groups excluding carboxylic acids is 1. The van der Waals surface area contributed by atoms with Gasteiger partial charge in [0.15, 0.2) is 0 Å². The van der Waals surface area contributed by atoms with E-state index in [0.29, 0.717) is 16.9 Å². The lowest BCUT2D eigenvalue weighted by molar-refractivity contribution is -0.580. The molecule has 4 heteroatoms. The highest BCUT2D eigenvalue weighted by Crippen LogP contribution is 2.10. The van der Waals surface area contributed by atoms with Gasteiger partial charge in [-0.15, -0.1) is 0 Å². The van der Waals surface area contributed by atoms with Gasteiger partial charge in [-0.05, 0) is 18.6 Å². The van der Waals surface area contributed by atoms with Crippen molar-refractivity contribution in [3.8, 4) is 0 Å². The highest BCUT2D eigenvalue weighted by molar-refractivity contribution is 5.88. The molecule has 0 aliphatic heterocycles. The van der Waals surface area contributed by atoms with Crippen LogP contribution in [-0.4, -0.2) is 12.6 Å². The third kappa shape index (κ3) is 2.42. The molecule has 0 bridgehead atoms. The fraction of sp³-hybridized carbons (Fsp3) is 0.286. The van der Waals surface area contributed by atoms with Crippen LogP contribution < -0.4 is 4.73 Å². The first kappa shape index (κ1) is 12.4. The van der Waals surface area contributed by atoms with Gasteiger partial charge in [-0.1, -0.05) is 25.5 Å². The normalized spacial score (nSPS) is 10.5. The van der Waals surface area contributed by atoms with E-state index in [1.807, 2.05) is 19.1 Å². The van der Waals surface area contributed by atoms with Crippen molar-refractivity contribution in [1.29, 1.82) is 0 Å². The molecular formula is C14H15NO3. The standard InChI is InChI=1S/C14H15NO3/c1-2-3-10-18-14(16)13-9-8-11-6-4-5-7-12(11)15(13)17/h4-9H,2-3,10H2,1H3. The Bertz CT molecular complexity index is 566. The monoisotopic (exact) mass is 245 g/mol. The Balaban J connectivity index is 2.28. The molecule has 0 amide bonds. The van der Waals surface area contributed by atoms with Gasteiger partial charge in [-0.3, -0.25) is 0 Å². The number of esters is 1. The zero-order valence-corrected chi connectivity index (χ0v) is 10.3. The molecule has 0 saturated carbocycles. The second-order valence-corrected chi connectivity index (χ2v) is 4.06. The van der Waals surface area contributed by atoms with E-state index in [4.69, 9.17) is 4.74 Å². The van der Waals surface area contributed by atoms with Gasteiger partial charge in [0.05, 0.1) is 6.61 Å². The molecule has 18 heavy (non-hydrogen) atoms. The van der Waals surface area contributed by atoms with Gasteiger partial charge >= 0.3 is 11.7 Å². The molecule has 4 nitrogen and oxygen atoms in total. The number of carbonyl (C=O) groups is 1. The highest BCUT2D eigenvalue weighted by Gasteiger charge is 2.19. The summed E-state index contributed by atoms with van der Waals surface area (Å²) in [6, 6.07) is 10.4. The Morgan fingerprint density at radius 3 is 2.83 bits per heavy atom. The number of benzene rings is 1. The van der Waals surface area contributed by atoms with Crippen LogP contribution in [0.5, 0.6) is 0 Å². The Labute approximate surface area is 105 Å². The summed E-state index contributed by atoms with van der Waals surface area (Å²) in [7, 11) is 0. The number of nitrogens with zero attached hydrogens (tertiary/aromatic N) is 1. The molecule has 0 fully saturated rings. The second-order valence-electron chi connectivity index (χ2n) is 4.06. The van der Waals surface area contributed by atoms with Gasteiger partial charge in [0.25, 0.3) is 0 Å². The lowest BCUT2D eigenvalue weighted by Crippen LogP contribution is -2.36. The molecule has 94 valence electrons. The Hall–Kier alpha value is -2.10. The summed E-state index contributed by atoms with van der Waals surface area (Å²) in [6.45, 7) is 2.36. The number of aromatic nitrogens is 1. The summed E-state index contributed by atoms with van der Waals surface area (Å²) < 4.78 is 5.67. The van der Waals surface area contributed by atoms with Crippen molar-refractivity contribution in [2.75, 3.05) is 6.61 Å². The van der Waals surface area contributed by atoms with E-state index in [9.17, 15) is 10.0 Å². The third-order valence-electron chi connectivity index (χ3n) is 2.74. The van der Waals surface area contributed by atoms with E-state index in [2.05, 4.69) is 0 Å². The number of hydrogen-bond acceptors (Lipinski definition) is 3. The first-order valence-electron chi connectivity index (χ1n) is 6.02. The van der Waals surface area contributed by atoms with Gasteiger partial charge in [0, 0.05) is 17.5 Å². The zero-order valence-electron chi connectivity index (χ0n) is 10.3. The number of para-hydroxylation sites is 1. The summed E-state index contributed by atoms with van der Waals surface area (Å²) in [5, 5.41) is 12.8. The predicted octanol–water partition coefficient (Wildman–Crippen LogP) is 2.43. The van der Waals surface area contributed by atoms with Crippen LogP contribution in [0.1, 0.15) is 30.3 Å². The molecule has 0 saturated heterocycles. The van der Waals surface area contributed by atoms with Gasteiger partial charge in [0.1, 0.15) is 0 Å². The second kappa shape index (κ2) is 5.49. The summed E-state index contributed by atoms with van der Waals surface area (Å²) in [4.78, 5) is 11.7. The summed E-state index contributed by atoms with van der Waals surface area (Å²) >= 11 is 0. The van der Waals surface area contributed by atoms with Crippen LogP contribution in [0.25, 0.3) is 10.9 Å². The van der Waals surface area contributed by atoms with E-state index in [1.54, 1.807) is 18.2 Å². The molecule has 0 aliphatic carbocycles. The summed E-state index contributed by atoms with van der Waals surface area (Å²) in [6.07, 6.45) is 1.75. The van der Waals surface area contributed by atoms with Crippen molar-refractivity contribution in [1.82, 2.24) is 0 Å². The van der Waals surface area contributed by atoms with Crippen molar-refractivity contribution in [3.63, 3.8) is 0 Å². The van der Waals surface area contributed by atoms with Crippen LogP contribution in [0.15, 0.2) is 36.4 Å². The van der Waals surface area contributed by atoms with E-state index >= 15 is 0 Å². The lowest BCUT2D eigenvalue weighted by atomic mass is 10.2. The number of rotatable bonds is 4. The number of ether oxygens (including phenoxy) is 1. The quantitative estimate of drug-likeness (QED) is 0.360. The largest absolute Gasteiger partial charge is 0.618 e. The van der Waals surface area contributed by atoms with E-state index in [-0.39, 0.29) is 5.69 Å². The van der Waals surface area contributed by atoms with Gasteiger partial charge < -0.3 is 9.94 Å². The lowest BCUT2D eigenvalue weighted by Gasteiger charge is -2.07. The topological polar surface area (TPSA) is 53.2 Å². The van der Waals surface area contributed by atoms with Crippen molar-refractivity contribution in [3.05, 3.63) is 47.3 Å². The van der Waals surface area contributed by atoms with Crippen molar-refractivity contribution in [2.24, 2.45) is 0 Å². The number of pyridine rings is 1. The zero-order chi connectivity index (χ0) is 13.0. The summed E-state index contributed by atoms with van der Waals surface area (Å²) in [5.41, 5.74) is 0.507. The molecule has 1 heterocycles. The van der Waals surface area contributed by atoms with Crippen molar-refractivity contribution >= 4 is 16.9 Å². The van der Waals surface area contributed by atoms with E-state index < -0.39 is 5.97 Å². The number of hydrogen-bond donors (Lipinski definition) is 0. The van der Waals surface area contributed by atoms with E-state index in [1.165, 1.54) is 6.07 Å². The van der Waals surface area contributed by atoms with Crippen molar-refractivity contribution in [2.45, 2.75) is 19.8 Å². The molecule has 1 aromatic carbocycles. The SMILES string of the molecule is CCCCOC(=O)c1ccc2ccccc2[n+]1[O-]. The van der Waals surface area contributed by atoms with Crippen LogP contribution in [0.2, 0.25) is 0 Å². The molecular weight excluding hydrogens is 230 g/mol. The average molecular weight is 245 g/mol. The van der Waals surface area contributed by atoms with Crippen LogP contribution in [-0.2, 0) is 4.74 Å². The molecule has 0 atom stereocenters. The first-order valence-corrected chi connectivity index (χ1v) is 6.02. The van der Waals surface area contributed by atoms with Crippen LogP contribution >= 0.6 is 0 Å². The fourth-order valence-corrected chi connectivity index (χ4v) is 1.71. The maximum atomic E-state index is 12.0. The molecule has 0 spiro atoms. The van der Waals surface area contributed by atoms with Crippen LogP contribution in [0.4, 0.5) is 0 Å². The third-order valence-corrected chi connectivity index (χ3v) is 2.74. The molecule has 0 N–H and O–H groups in total. The van der Waals surface area contributed by atoms with Gasteiger partial charge in [-0.25, -0.2) is 4.79 Å². The van der Waals surface area contributed by atoms with E-state index in [0.717, 1.165) is 18.2 Å². The number of unbranched alkanes of at least 4 members (excludes halogenated alkanes) is 1. The molecule has 0 unspecified atom stereocenters. The minimum atomic E-state index is -0.566. The molecule has 0 aliphatic rings. The fourth-order valence-electron chi connectivity index (χ4n) is 1.71. The van der Waals surface area contributed by atoms with Gasteiger partial charge in [-0.2, -0.15) is 4.73 Å². The first-order chi connectivity index (χ1) is 8.74. The summed E-state index contributed by atoms with van der Waals surface area (Å²) in [5.74, 6) is -0.566. The smallest absolute Gasteiger partial charge is 0.405 e. The van der Waals surface area contributed by atoms with Gasteiger partial charge in [0.2, 0.25) is 5.52 Å². The Morgan fingerprint density at radius 2 is 2.06 bits per heavy atom. The number of fused-ring (bicyclic) bond motifs is 1. The van der Waals surface area contributed by atoms with Crippen LogP contribution in [0, 0.1) is 5.21 Å². The molecule has 2 rings (SSSR count). The minimum Gasteiger partial charge on any atom is -0.618 e. The Kier molecular flexibility index (Phi) is 3.77. The average Bonchev–Trinajstić information content (AvgIpc) is 2.39. The maximum Gasteiger partial charge on any atom is 0.405 e. The van der Waals surface area contributed by atoms with Crippen molar-refractivity contribution < 1.29 is 14.3 Å². The molecule has 0 radical (unpaired) electrons.